The van der Waals surface area contributed by atoms with E-state index in [0.717, 1.165) is 11.5 Å². The number of furan rings is 1. The third-order valence-corrected chi connectivity index (χ3v) is 1.61. The van der Waals surface area contributed by atoms with Crippen molar-refractivity contribution < 1.29 is 13.9 Å². The second-order valence-corrected chi connectivity index (χ2v) is 2.92. The van der Waals surface area contributed by atoms with Crippen LogP contribution in [0.2, 0.25) is 0 Å². The van der Waals surface area contributed by atoms with Crippen LogP contribution in [-0.2, 0) is 16.1 Å². The Morgan fingerprint density at radius 1 is 1.23 bits per heavy atom. The highest BCUT2D eigenvalue weighted by molar-refractivity contribution is 7.80. The van der Waals surface area contributed by atoms with Gasteiger partial charge in [-0.25, -0.2) is 0 Å². The Bertz CT molecular complexity index is 199. The second-order valence-electron chi connectivity index (χ2n) is 2.47. The molecule has 0 amide bonds. The summed E-state index contributed by atoms with van der Waals surface area (Å²) in [7, 11) is 0. The van der Waals surface area contributed by atoms with Crippen LogP contribution in [0.1, 0.15) is 5.76 Å². The molecule has 0 bridgehead atoms. The quantitative estimate of drug-likeness (QED) is 0.540. The van der Waals surface area contributed by atoms with E-state index in [-0.39, 0.29) is 0 Å². The summed E-state index contributed by atoms with van der Waals surface area (Å²) >= 11 is 4.01. The molecule has 0 saturated carbocycles. The largest absolute Gasteiger partial charge is 0.467 e. The zero-order valence-corrected chi connectivity index (χ0v) is 8.33. The van der Waals surface area contributed by atoms with Crippen molar-refractivity contribution in [3.8, 4) is 0 Å². The molecule has 0 aliphatic heterocycles. The SMILES string of the molecule is SCCOCCOCc1ccco1. The molecule has 1 aromatic heterocycles. The first-order valence-electron chi connectivity index (χ1n) is 4.22. The van der Waals surface area contributed by atoms with Crippen molar-refractivity contribution in [2.75, 3.05) is 25.6 Å². The highest BCUT2D eigenvalue weighted by Crippen LogP contribution is 2.01. The summed E-state index contributed by atoms with van der Waals surface area (Å²) in [5.74, 6) is 1.59. The average Bonchev–Trinajstić information content (AvgIpc) is 2.63. The molecule has 0 saturated heterocycles. The van der Waals surface area contributed by atoms with Gasteiger partial charge in [0.1, 0.15) is 12.4 Å². The van der Waals surface area contributed by atoms with Gasteiger partial charge in [-0.2, -0.15) is 12.6 Å². The molecule has 0 aliphatic rings. The average molecular weight is 202 g/mol. The number of hydrogen-bond acceptors (Lipinski definition) is 4. The van der Waals surface area contributed by atoms with Crippen LogP contribution in [0.15, 0.2) is 22.8 Å². The van der Waals surface area contributed by atoms with Gasteiger partial charge in [0.05, 0.1) is 26.1 Å². The number of hydrogen-bond donors (Lipinski definition) is 1. The molecule has 1 heterocycles. The summed E-state index contributed by atoms with van der Waals surface area (Å²) in [4.78, 5) is 0. The van der Waals surface area contributed by atoms with Crippen LogP contribution in [0, 0.1) is 0 Å². The number of thiol groups is 1. The Morgan fingerprint density at radius 2 is 2.08 bits per heavy atom. The van der Waals surface area contributed by atoms with Crippen LogP contribution in [-0.4, -0.2) is 25.6 Å². The minimum atomic E-state index is 0.511. The fraction of sp³-hybridized carbons (Fsp3) is 0.556. The smallest absolute Gasteiger partial charge is 0.129 e. The Balaban J connectivity index is 1.90. The van der Waals surface area contributed by atoms with Crippen molar-refractivity contribution in [1.82, 2.24) is 0 Å². The van der Waals surface area contributed by atoms with E-state index in [1.165, 1.54) is 0 Å². The van der Waals surface area contributed by atoms with Gasteiger partial charge in [-0.1, -0.05) is 0 Å². The van der Waals surface area contributed by atoms with Crippen molar-refractivity contribution in [3.05, 3.63) is 24.2 Å². The fourth-order valence-electron chi connectivity index (χ4n) is 0.852. The van der Waals surface area contributed by atoms with Crippen LogP contribution >= 0.6 is 12.6 Å². The lowest BCUT2D eigenvalue weighted by Gasteiger charge is -2.02. The summed E-state index contributed by atoms with van der Waals surface area (Å²) in [6.45, 7) is 2.39. The van der Waals surface area contributed by atoms with E-state index in [2.05, 4.69) is 12.6 Å². The van der Waals surface area contributed by atoms with Gasteiger partial charge in [-0.3, -0.25) is 0 Å². The molecular formula is C9H14O3S. The van der Waals surface area contributed by atoms with Crippen LogP contribution in [0.3, 0.4) is 0 Å². The second kappa shape index (κ2) is 7.00. The Labute approximate surface area is 83.4 Å². The van der Waals surface area contributed by atoms with E-state index in [1.807, 2.05) is 12.1 Å². The van der Waals surface area contributed by atoms with E-state index in [0.29, 0.717) is 26.4 Å². The van der Waals surface area contributed by atoms with Crippen molar-refractivity contribution >= 4 is 12.6 Å². The minimum Gasteiger partial charge on any atom is -0.467 e. The minimum absolute atomic E-state index is 0.511. The highest BCUT2D eigenvalue weighted by atomic mass is 32.1. The maximum Gasteiger partial charge on any atom is 0.129 e. The fourth-order valence-corrected chi connectivity index (χ4v) is 0.981. The first-order chi connectivity index (χ1) is 6.43. The molecule has 0 unspecified atom stereocenters. The summed E-state index contributed by atoms with van der Waals surface area (Å²) in [5.41, 5.74) is 0. The third kappa shape index (κ3) is 4.98. The molecule has 0 aromatic carbocycles. The van der Waals surface area contributed by atoms with E-state index >= 15 is 0 Å². The molecule has 74 valence electrons. The van der Waals surface area contributed by atoms with Gasteiger partial charge in [0.15, 0.2) is 0 Å². The first kappa shape index (κ1) is 10.6. The van der Waals surface area contributed by atoms with Crippen LogP contribution in [0.5, 0.6) is 0 Å². The van der Waals surface area contributed by atoms with Gasteiger partial charge in [-0.15, -0.1) is 0 Å². The topological polar surface area (TPSA) is 31.6 Å². The number of rotatable bonds is 7. The van der Waals surface area contributed by atoms with E-state index < -0.39 is 0 Å². The molecule has 0 atom stereocenters. The molecule has 1 rings (SSSR count). The van der Waals surface area contributed by atoms with Crippen molar-refractivity contribution in [2.24, 2.45) is 0 Å². The molecule has 0 N–H and O–H groups in total. The van der Waals surface area contributed by atoms with Crippen molar-refractivity contribution in [3.63, 3.8) is 0 Å². The van der Waals surface area contributed by atoms with E-state index in [4.69, 9.17) is 13.9 Å². The third-order valence-electron chi connectivity index (χ3n) is 1.43. The zero-order chi connectivity index (χ0) is 9.36. The Kier molecular flexibility index (Phi) is 5.73. The van der Waals surface area contributed by atoms with Gasteiger partial charge in [0.2, 0.25) is 0 Å². The highest BCUT2D eigenvalue weighted by Gasteiger charge is 1.94. The molecule has 0 radical (unpaired) electrons. The molecule has 1 aromatic rings. The zero-order valence-electron chi connectivity index (χ0n) is 7.44. The van der Waals surface area contributed by atoms with Crippen LogP contribution < -0.4 is 0 Å². The predicted octanol–water partition coefficient (Wildman–Crippen LogP) is 1.74. The normalized spacial score (nSPS) is 10.5. The van der Waals surface area contributed by atoms with Crippen LogP contribution in [0.25, 0.3) is 0 Å². The van der Waals surface area contributed by atoms with Gasteiger partial charge in [-0.05, 0) is 12.1 Å². The molecule has 4 heteroatoms. The summed E-state index contributed by atoms with van der Waals surface area (Å²) in [6, 6.07) is 3.73. The Morgan fingerprint density at radius 3 is 2.77 bits per heavy atom. The summed E-state index contributed by atoms with van der Waals surface area (Å²) in [5, 5.41) is 0. The standard InChI is InChI=1S/C9H14O3S/c13-7-6-10-4-5-11-8-9-2-1-3-12-9/h1-3,13H,4-8H2. The Hall–Kier alpha value is -0.450. The molecular weight excluding hydrogens is 188 g/mol. The molecule has 13 heavy (non-hydrogen) atoms. The maximum absolute atomic E-state index is 5.28. The van der Waals surface area contributed by atoms with Crippen molar-refractivity contribution in [2.45, 2.75) is 6.61 Å². The predicted molar refractivity (Wildman–Crippen MR) is 53.0 cm³/mol. The van der Waals surface area contributed by atoms with Gasteiger partial charge >= 0.3 is 0 Å². The first-order valence-corrected chi connectivity index (χ1v) is 4.85. The van der Waals surface area contributed by atoms with Gasteiger partial charge in [0, 0.05) is 5.75 Å². The lowest BCUT2D eigenvalue weighted by atomic mass is 10.5. The summed E-state index contributed by atoms with van der Waals surface area (Å²) < 4.78 is 15.5. The maximum atomic E-state index is 5.28. The molecule has 0 spiro atoms. The van der Waals surface area contributed by atoms with Gasteiger partial charge < -0.3 is 13.9 Å². The summed E-state index contributed by atoms with van der Waals surface area (Å²) in [6.07, 6.45) is 1.64. The lowest BCUT2D eigenvalue weighted by Crippen LogP contribution is -2.05. The monoisotopic (exact) mass is 202 g/mol. The van der Waals surface area contributed by atoms with Crippen LogP contribution in [0.4, 0.5) is 0 Å². The number of ether oxygens (including phenoxy) is 2. The van der Waals surface area contributed by atoms with Crippen molar-refractivity contribution in [1.29, 1.82) is 0 Å². The lowest BCUT2D eigenvalue weighted by molar-refractivity contribution is 0.0399. The van der Waals surface area contributed by atoms with E-state index in [9.17, 15) is 0 Å². The van der Waals surface area contributed by atoms with E-state index in [1.54, 1.807) is 6.26 Å². The molecule has 0 aliphatic carbocycles. The van der Waals surface area contributed by atoms with Gasteiger partial charge in [0.25, 0.3) is 0 Å². The molecule has 3 nitrogen and oxygen atoms in total. The molecule has 0 fully saturated rings.